The molecule has 0 amide bonds. The van der Waals surface area contributed by atoms with Crippen molar-refractivity contribution in [1.29, 1.82) is 0 Å². The fourth-order valence-corrected chi connectivity index (χ4v) is 3.32. The maximum absolute atomic E-state index is 10.7. The summed E-state index contributed by atoms with van der Waals surface area (Å²) in [4.78, 5) is 9.44. The van der Waals surface area contributed by atoms with Crippen LogP contribution < -0.4 is 10.6 Å². The Balaban J connectivity index is 2.61. The number of aliphatic imine (C=N–C) groups is 1. The van der Waals surface area contributed by atoms with E-state index in [1.165, 1.54) is 0 Å². The second-order valence-corrected chi connectivity index (χ2v) is 7.20. The summed E-state index contributed by atoms with van der Waals surface area (Å²) in [5, 5.41) is 17.5. The molecular weight excluding hydrogens is 302 g/mol. The average Bonchev–Trinajstić information content (AvgIpc) is 2.53. The standard InChI is InChI=1S/C18H39N5O/c1-6-9-18(24,10-7-2)15-21-17(19-8-3)20-13-16-14-22(4)11-12-23(16)5/h16,24H,6-15H2,1-5H3,(H2,19,20,21). The zero-order valence-corrected chi connectivity index (χ0v) is 16.4. The highest BCUT2D eigenvalue weighted by molar-refractivity contribution is 5.79. The van der Waals surface area contributed by atoms with Crippen molar-refractivity contribution in [3.05, 3.63) is 0 Å². The number of likely N-dealkylation sites (N-methyl/N-ethyl adjacent to an activating group) is 2. The molecule has 0 spiro atoms. The van der Waals surface area contributed by atoms with Gasteiger partial charge in [0.2, 0.25) is 0 Å². The molecule has 1 saturated heterocycles. The molecule has 6 heteroatoms. The molecule has 3 N–H and O–H groups in total. The Labute approximate surface area is 148 Å². The van der Waals surface area contributed by atoms with Crippen molar-refractivity contribution in [2.45, 2.75) is 58.1 Å². The van der Waals surface area contributed by atoms with Gasteiger partial charge >= 0.3 is 0 Å². The number of aliphatic hydroxyl groups is 1. The van der Waals surface area contributed by atoms with Gasteiger partial charge in [-0.05, 0) is 33.9 Å². The van der Waals surface area contributed by atoms with Gasteiger partial charge < -0.3 is 20.6 Å². The van der Waals surface area contributed by atoms with E-state index in [1.54, 1.807) is 0 Å². The SMILES string of the molecule is CCCC(O)(CCC)CN=C(NCC)NCC1CN(C)CCN1C. The second kappa shape index (κ2) is 10.9. The zero-order valence-electron chi connectivity index (χ0n) is 16.4. The molecule has 1 aliphatic rings. The van der Waals surface area contributed by atoms with Gasteiger partial charge in [0, 0.05) is 38.8 Å². The van der Waals surface area contributed by atoms with Crippen LogP contribution in [0.2, 0.25) is 0 Å². The van der Waals surface area contributed by atoms with Gasteiger partial charge in [0.15, 0.2) is 5.96 Å². The van der Waals surface area contributed by atoms with E-state index >= 15 is 0 Å². The monoisotopic (exact) mass is 341 g/mol. The first-order chi connectivity index (χ1) is 11.4. The number of nitrogens with zero attached hydrogens (tertiary/aromatic N) is 3. The molecule has 142 valence electrons. The van der Waals surface area contributed by atoms with Gasteiger partial charge in [-0.15, -0.1) is 0 Å². The highest BCUT2D eigenvalue weighted by Crippen LogP contribution is 2.19. The molecule has 0 radical (unpaired) electrons. The lowest BCUT2D eigenvalue weighted by Gasteiger charge is -2.38. The normalized spacial score (nSPS) is 21.1. The van der Waals surface area contributed by atoms with Crippen LogP contribution >= 0.6 is 0 Å². The molecular formula is C18H39N5O. The van der Waals surface area contributed by atoms with Crippen LogP contribution in [0.5, 0.6) is 0 Å². The first-order valence-corrected chi connectivity index (χ1v) is 9.57. The summed E-state index contributed by atoms with van der Waals surface area (Å²) in [5.41, 5.74) is -0.673. The van der Waals surface area contributed by atoms with Gasteiger partial charge in [0.25, 0.3) is 0 Å². The minimum absolute atomic E-state index is 0.463. The maximum Gasteiger partial charge on any atom is 0.191 e. The zero-order chi connectivity index (χ0) is 18.0. The molecule has 1 aliphatic heterocycles. The molecule has 0 aromatic rings. The van der Waals surface area contributed by atoms with Gasteiger partial charge in [-0.1, -0.05) is 26.7 Å². The quantitative estimate of drug-likeness (QED) is 0.433. The molecule has 1 heterocycles. The third-order valence-corrected chi connectivity index (χ3v) is 4.79. The lowest BCUT2D eigenvalue weighted by atomic mass is 9.93. The summed E-state index contributed by atoms with van der Waals surface area (Å²) >= 11 is 0. The number of piperazine rings is 1. The van der Waals surface area contributed by atoms with Crippen LogP contribution in [0.1, 0.15) is 46.5 Å². The smallest absolute Gasteiger partial charge is 0.191 e. The van der Waals surface area contributed by atoms with E-state index in [0.717, 1.165) is 64.4 Å². The first-order valence-electron chi connectivity index (χ1n) is 9.57. The van der Waals surface area contributed by atoms with Crippen molar-refractivity contribution < 1.29 is 5.11 Å². The molecule has 1 atom stereocenters. The van der Waals surface area contributed by atoms with Gasteiger partial charge in [-0.25, -0.2) is 0 Å². The van der Waals surface area contributed by atoms with Gasteiger partial charge in [-0.2, -0.15) is 0 Å². The number of nitrogens with one attached hydrogen (secondary N) is 2. The van der Waals surface area contributed by atoms with E-state index in [9.17, 15) is 5.11 Å². The summed E-state index contributed by atoms with van der Waals surface area (Å²) in [6.07, 6.45) is 3.57. The van der Waals surface area contributed by atoms with Crippen molar-refractivity contribution in [3.8, 4) is 0 Å². The maximum atomic E-state index is 10.7. The molecule has 1 fully saturated rings. The summed E-state index contributed by atoms with van der Waals surface area (Å²) in [5.74, 6) is 0.810. The Bertz CT molecular complexity index is 368. The van der Waals surface area contributed by atoms with Crippen molar-refractivity contribution in [1.82, 2.24) is 20.4 Å². The minimum Gasteiger partial charge on any atom is -0.388 e. The fourth-order valence-electron chi connectivity index (χ4n) is 3.32. The third kappa shape index (κ3) is 7.36. The van der Waals surface area contributed by atoms with Crippen LogP contribution in [-0.4, -0.2) is 85.9 Å². The Hall–Kier alpha value is -0.850. The Morgan fingerprint density at radius 2 is 1.79 bits per heavy atom. The molecule has 6 nitrogen and oxygen atoms in total. The van der Waals surface area contributed by atoms with E-state index < -0.39 is 5.60 Å². The molecule has 0 aromatic carbocycles. The van der Waals surface area contributed by atoms with Crippen molar-refractivity contribution in [2.75, 3.05) is 53.4 Å². The van der Waals surface area contributed by atoms with Crippen LogP contribution in [0.3, 0.4) is 0 Å². The number of hydrogen-bond donors (Lipinski definition) is 3. The predicted molar refractivity (Wildman–Crippen MR) is 103 cm³/mol. The third-order valence-electron chi connectivity index (χ3n) is 4.79. The minimum atomic E-state index is -0.673. The van der Waals surface area contributed by atoms with Crippen molar-refractivity contribution in [2.24, 2.45) is 4.99 Å². The predicted octanol–water partition coefficient (Wildman–Crippen LogP) is 1.12. The van der Waals surface area contributed by atoms with Gasteiger partial charge in [-0.3, -0.25) is 9.89 Å². The highest BCUT2D eigenvalue weighted by atomic mass is 16.3. The van der Waals surface area contributed by atoms with E-state index in [2.05, 4.69) is 60.3 Å². The van der Waals surface area contributed by atoms with Gasteiger partial charge in [0.05, 0.1) is 12.1 Å². The topological polar surface area (TPSA) is 63.1 Å². The lowest BCUT2D eigenvalue weighted by molar-refractivity contribution is 0.0305. The summed E-state index contributed by atoms with van der Waals surface area (Å²) in [7, 11) is 4.36. The van der Waals surface area contributed by atoms with Crippen molar-refractivity contribution in [3.63, 3.8) is 0 Å². The first kappa shape index (κ1) is 21.2. The highest BCUT2D eigenvalue weighted by Gasteiger charge is 2.25. The molecule has 0 aromatic heterocycles. The Morgan fingerprint density at radius 3 is 2.38 bits per heavy atom. The van der Waals surface area contributed by atoms with Crippen LogP contribution in [0.25, 0.3) is 0 Å². The van der Waals surface area contributed by atoms with E-state index in [4.69, 9.17) is 0 Å². The fraction of sp³-hybridized carbons (Fsp3) is 0.944. The van der Waals surface area contributed by atoms with Gasteiger partial charge in [0.1, 0.15) is 0 Å². The van der Waals surface area contributed by atoms with Crippen LogP contribution in [0.15, 0.2) is 4.99 Å². The van der Waals surface area contributed by atoms with E-state index in [-0.39, 0.29) is 0 Å². The van der Waals surface area contributed by atoms with Crippen LogP contribution in [0.4, 0.5) is 0 Å². The van der Waals surface area contributed by atoms with E-state index in [0.29, 0.717) is 12.6 Å². The van der Waals surface area contributed by atoms with Crippen molar-refractivity contribution >= 4 is 5.96 Å². The molecule has 24 heavy (non-hydrogen) atoms. The average molecular weight is 342 g/mol. The van der Waals surface area contributed by atoms with Crippen LogP contribution in [-0.2, 0) is 0 Å². The molecule has 0 aliphatic carbocycles. The summed E-state index contributed by atoms with van der Waals surface area (Å²) in [6, 6.07) is 0.484. The molecule has 0 bridgehead atoms. The van der Waals surface area contributed by atoms with Crippen LogP contribution in [0, 0.1) is 0 Å². The molecule has 1 rings (SSSR count). The molecule has 1 unspecified atom stereocenters. The Kier molecular flexibility index (Phi) is 9.63. The Morgan fingerprint density at radius 1 is 1.12 bits per heavy atom. The molecule has 0 saturated carbocycles. The summed E-state index contributed by atoms with van der Waals surface area (Å²) < 4.78 is 0. The van der Waals surface area contributed by atoms with E-state index in [1.807, 2.05) is 0 Å². The lowest BCUT2D eigenvalue weighted by Crippen LogP contribution is -2.55. The largest absolute Gasteiger partial charge is 0.388 e. The number of guanidine groups is 1. The number of rotatable bonds is 9. The second-order valence-electron chi connectivity index (χ2n) is 7.20. The number of hydrogen-bond acceptors (Lipinski definition) is 4. The summed E-state index contributed by atoms with van der Waals surface area (Å²) in [6.45, 7) is 11.8.